The minimum Gasteiger partial charge on any atom is -0.465 e. The number of hydrogen-bond acceptors (Lipinski definition) is 5. The van der Waals surface area contributed by atoms with Crippen LogP contribution >= 0.6 is 0 Å². The summed E-state index contributed by atoms with van der Waals surface area (Å²) in [6, 6.07) is 12.2. The second-order valence-electron chi connectivity index (χ2n) is 7.50. The maximum absolute atomic E-state index is 12.9. The summed E-state index contributed by atoms with van der Waals surface area (Å²) in [5, 5.41) is 2.79. The number of anilines is 1. The van der Waals surface area contributed by atoms with E-state index in [2.05, 4.69) is 24.1 Å². The van der Waals surface area contributed by atoms with E-state index in [1.165, 1.54) is 28.5 Å². The van der Waals surface area contributed by atoms with Gasteiger partial charge in [0.1, 0.15) is 6.54 Å². The Kier molecular flexibility index (Phi) is 7.54. The summed E-state index contributed by atoms with van der Waals surface area (Å²) in [4.78, 5) is 40.9. The Morgan fingerprint density at radius 2 is 1.97 bits per heavy atom. The molecule has 0 aliphatic rings. The molecule has 0 bridgehead atoms. The first-order valence-electron chi connectivity index (χ1n) is 10.6. The number of amides is 1. The van der Waals surface area contributed by atoms with Crippen molar-refractivity contribution in [2.75, 3.05) is 11.9 Å². The van der Waals surface area contributed by atoms with E-state index < -0.39 is 5.97 Å². The highest BCUT2D eigenvalue weighted by Gasteiger charge is 2.14. The van der Waals surface area contributed by atoms with Crippen LogP contribution in [0.1, 0.15) is 49.0 Å². The first kappa shape index (κ1) is 22.9. The molecular formula is C25H27N3O4. The number of esters is 1. The zero-order valence-corrected chi connectivity index (χ0v) is 18.5. The van der Waals surface area contributed by atoms with Gasteiger partial charge in [-0.05, 0) is 54.7 Å². The van der Waals surface area contributed by atoms with Crippen molar-refractivity contribution in [2.24, 2.45) is 0 Å². The number of pyridine rings is 2. The number of benzene rings is 1. The zero-order valence-electron chi connectivity index (χ0n) is 18.5. The topological polar surface area (TPSA) is 90.3 Å². The fraction of sp³-hybridized carbons (Fsp3) is 0.280. The van der Waals surface area contributed by atoms with Gasteiger partial charge in [-0.2, -0.15) is 0 Å². The van der Waals surface area contributed by atoms with Gasteiger partial charge >= 0.3 is 5.97 Å². The second-order valence-corrected chi connectivity index (χ2v) is 7.50. The Bertz CT molecular complexity index is 1170. The summed E-state index contributed by atoms with van der Waals surface area (Å²) in [5.74, 6) is -0.465. The van der Waals surface area contributed by atoms with Gasteiger partial charge in [0.15, 0.2) is 0 Å². The summed E-state index contributed by atoms with van der Waals surface area (Å²) in [7, 11) is 0. The molecule has 0 saturated carbocycles. The molecule has 1 N–H and O–H groups in total. The third-order valence-electron chi connectivity index (χ3n) is 5.28. The van der Waals surface area contributed by atoms with Crippen molar-refractivity contribution in [2.45, 2.75) is 39.7 Å². The van der Waals surface area contributed by atoms with Gasteiger partial charge in [-0.15, -0.1) is 0 Å². The van der Waals surface area contributed by atoms with E-state index in [1.807, 2.05) is 30.5 Å². The molecule has 3 rings (SSSR count). The molecule has 0 radical (unpaired) electrons. The molecule has 1 atom stereocenters. The molecule has 3 aromatic rings. The van der Waals surface area contributed by atoms with Crippen LogP contribution in [0.4, 0.5) is 5.69 Å². The van der Waals surface area contributed by atoms with Gasteiger partial charge in [0.05, 0.1) is 12.3 Å². The van der Waals surface area contributed by atoms with Gasteiger partial charge in [0, 0.05) is 35.8 Å². The van der Waals surface area contributed by atoms with Crippen LogP contribution in [0.25, 0.3) is 11.1 Å². The van der Waals surface area contributed by atoms with Crippen LogP contribution in [0.5, 0.6) is 0 Å². The Balaban J connectivity index is 1.84. The lowest BCUT2D eigenvalue weighted by atomic mass is 9.91. The highest BCUT2D eigenvalue weighted by Crippen LogP contribution is 2.30. The van der Waals surface area contributed by atoms with Crippen LogP contribution in [-0.2, 0) is 16.1 Å². The highest BCUT2D eigenvalue weighted by molar-refractivity contribution is 6.04. The van der Waals surface area contributed by atoms with E-state index in [9.17, 15) is 14.4 Å². The van der Waals surface area contributed by atoms with Gasteiger partial charge in [0.25, 0.3) is 11.5 Å². The van der Waals surface area contributed by atoms with Crippen molar-refractivity contribution in [1.29, 1.82) is 0 Å². The number of rotatable bonds is 8. The standard InChI is InChI=1S/C25H27N3O4/c1-4-17(3)21-11-12-26-14-22(21)18-7-6-8-19(13-18)25(31)27-20-9-10-23(29)28(15-20)16-24(30)32-5-2/h6-15,17H,4-5,16H2,1-3H3,(H,27,31). The van der Waals surface area contributed by atoms with E-state index in [-0.39, 0.29) is 24.6 Å². The SMILES string of the molecule is CCOC(=O)Cn1cc(NC(=O)c2cccc(-c3cnccc3C(C)CC)c2)ccc1=O. The molecule has 0 fully saturated rings. The third-order valence-corrected chi connectivity index (χ3v) is 5.28. The highest BCUT2D eigenvalue weighted by atomic mass is 16.5. The number of ether oxygens (including phenoxy) is 1. The van der Waals surface area contributed by atoms with Crippen LogP contribution in [0.2, 0.25) is 0 Å². The third kappa shape index (κ3) is 5.49. The fourth-order valence-corrected chi connectivity index (χ4v) is 3.40. The molecule has 1 amide bonds. The van der Waals surface area contributed by atoms with Crippen LogP contribution in [0.3, 0.4) is 0 Å². The molecule has 0 spiro atoms. The molecule has 1 aromatic carbocycles. The summed E-state index contributed by atoms with van der Waals surface area (Å²) in [5.41, 5.74) is 3.63. The zero-order chi connectivity index (χ0) is 23.1. The van der Waals surface area contributed by atoms with Crippen LogP contribution in [0.15, 0.2) is 65.8 Å². The van der Waals surface area contributed by atoms with Crippen molar-refractivity contribution in [3.8, 4) is 11.1 Å². The fourth-order valence-electron chi connectivity index (χ4n) is 3.40. The number of carbonyl (C=O) groups excluding carboxylic acids is 2. The smallest absolute Gasteiger partial charge is 0.326 e. The van der Waals surface area contributed by atoms with Crippen LogP contribution in [-0.4, -0.2) is 28.0 Å². The van der Waals surface area contributed by atoms with Crippen LogP contribution in [0, 0.1) is 0 Å². The van der Waals surface area contributed by atoms with Crippen molar-refractivity contribution in [3.05, 3.63) is 82.5 Å². The maximum atomic E-state index is 12.9. The average molecular weight is 434 g/mol. The summed E-state index contributed by atoms with van der Waals surface area (Å²) in [6.07, 6.45) is 6.04. The molecule has 2 heterocycles. The summed E-state index contributed by atoms with van der Waals surface area (Å²) >= 11 is 0. The van der Waals surface area contributed by atoms with Crippen LogP contribution < -0.4 is 10.9 Å². The van der Waals surface area contributed by atoms with E-state index in [0.717, 1.165) is 17.5 Å². The Hall–Kier alpha value is -3.74. The van der Waals surface area contributed by atoms with Crippen molar-refractivity contribution in [1.82, 2.24) is 9.55 Å². The Morgan fingerprint density at radius 1 is 1.16 bits per heavy atom. The minimum atomic E-state index is -0.514. The number of carbonyl (C=O) groups is 2. The lowest BCUT2D eigenvalue weighted by Crippen LogP contribution is -2.25. The molecular weight excluding hydrogens is 406 g/mol. The monoisotopic (exact) mass is 433 g/mol. The van der Waals surface area contributed by atoms with Gasteiger partial charge in [-0.25, -0.2) is 0 Å². The second kappa shape index (κ2) is 10.5. The predicted molar refractivity (Wildman–Crippen MR) is 124 cm³/mol. The van der Waals surface area contributed by atoms with E-state index >= 15 is 0 Å². The molecule has 2 aromatic heterocycles. The number of nitrogens with zero attached hydrogens (tertiary/aromatic N) is 2. The van der Waals surface area contributed by atoms with Crippen molar-refractivity contribution in [3.63, 3.8) is 0 Å². The van der Waals surface area contributed by atoms with Gasteiger partial charge in [0.2, 0.25) is 0 Å². The molecule has 7 nitrogen and oxygen atoms in total. The van der Waals surface area contributed by atoms with E-state index in [4.69, 9.17) is 4.74 Å². The minimum absolute atomic E-state index is 0.217. The average Bonchev–Trinajstić information content (AvgIpc) is 2.81. The lowest BCUT2D eigenvalue weighted by molar-refractivity contribution is -0.143. The molecule has 0 aliphatic heterocycles. The lowest BCUT2D eigenvalue weighted by Gasteiger charge is -2.15. The number of hydrogen-bond donors (Lipinski definition) is 1. The van der Waals surface area contributed by atoms with Gasteiger partial charge in [-0.3, -0.25) is 19.4 Å². The molecule has 7 heteroatoms. The number of aromatic nitrogens is 2. The Morgan fingerprint density at radius 3 is 2.72 bits per heavy atom. The molecule has 0 saturated heterocycles. The van der Waals surface area contributed by atoms with Crippen molar-refractivity contribution < 1.29 is 14.3 Å². The Labute approximate surface area is 187 Å². The van der Waals surface area contributed by atoms with E-state index in [0.29, 0.717) is 17.2 Å². The molecule has 0 aliphatic carbocycles. The summed E-state index contributed by atoms with van der Waals surface area (Å²) in [6.45, 7) is 6.02. The van der Waals surface area contributed by atoms with Crippen molar-refractivity contribution >= 4 is 17.6 Å². The maximum Gasteiger partial charge on any atom is 0.326 e. The normalized spacial score (nSPS) is 11.6. The predicted octanol–water partition coefficient (Wildman–Crippen LogP) is 4.24. The van der Waals surface area contributed by atoms with E-state index in [1.54, 1.807) is 19.2 Å². The van der Waals surface area contributed by atoms with Gasteiger partial charge < -0.3 is 14.6 Å². The first-order chi connectivity index (χ1) is 15.4. The quantitative estimate of drug-likeness (QED) is 0.537. The molecule has 1 unspecified atom stereocenters. The summed E-state index contributed by atoms with van der Waals surface area (Å²) < 4.78 is 6.10. The number of nitrogens with one attached hydrogen (secondary N) is 1. The first-order valence-corrected chi connectivity index (χ1v) is 10.6. The van der Waals surface area contributed by atoms with Gasteiger partial charge in [-0.1, -0.05) is 26.0 Å². The molecule has 166 valence electrons. The molecule has 32 heavy (non-hydrogen) atoms. The largest absolute Gasteiger partial charge is 0.465 e.